The molecule has 2 amide bonds. The summed E-state index contributed by atoms with van der Waals surface area (Å²) in [5.74, 6) is -0.283. The van der Waals surface area contributed by atoms with E-state index in [9.17, 15) is 9.59 Å². The summed E-state index contributed by atoms with van der Waals surface area (Å²) in [5.41, 5.74) is 5.94. The van der Waals surface area contributed by atoms with Gasteiger partial charge in [-0.1, -0.05) is 41.3 Å². The summed E-state index contributed by atoms with van der Waals surface area (Å²) in [5, 5.41) is 8.76. The van der Waals surface area contributed by atoms with Gasteiger partial charge in [-0.2, -0.15) is 0 Å². The molecule has 2 N–H and O–H groups in total. The monoisotopic (exact) mass is 336 g/mol. The third-order valence-corrected chi connectivity index (χ3v) is 4.73. The van der Waals surface area contributed by atoms with Gasteiger partial charge in [0, 0.05) is 18.7 Å². The van der Waals surface area contributed by atoms with Gasteiger partial charge in [-0.3, -0.25) is 9.59 Å². The molecule has 1 aromatic carbocycles. The van der Waals surface area contributed by atoms with Crippen LogP contribution >= 0.6 is 23.1 Å². The Morgan fingerprint density at radius 2 is 2.00 bits per heavy atom. The maximum atomic E-state index is 12.4. The summed E-state index contributed by atoms with van der Waals surface area (Å²) in [6.07, 6.45) is 0.128. The number of benzene rings is 1. The molecule has 1 aromatic heterocycles. The van der Waals surface area contributed by atoms with Crippen LogP contribution in [0.15, 0.2) is 34.7 Å². The molecule has 8 heteroatoms. The van der Waals surface area contributed by atoms with Crippen LogP contribution in [0.2, 0.25) is 0 Å². The average molecular weight is 336 g/mol. The zero-order chi connectivity index (χ0) is 15.9. The van der Waals surface area contributed by atoms with E-state index in [1.54, 1.807) is 4.90 Å². The van der Waals surface area contributed by atoms with Crippen molar-refractivity contribution in [2.45, 2.75) is 17.7 Å². The molecule has 6 nitrogen and oxygen atoms in total. The third kappa shape index (κ3) is 4.81. The highest BCUT2D eigenvalue weighted by Crippen LogP contribution is 2.23. The van der Waals surface area contributed by atoms with Gasteiger partial charge in [-0.05, 0) is 19.1 Å². The molecule has 116 valence electrons. The van der Waals surface area contributed by atoms with Crippen molar-refractivity contribution in [2.24, 2.45) is 5.73 Å². The summed E-state index contributed by atoms with van der Waals surface area (Å²) in [6.45, 7) is 2.14. The van der Waals surface area contributed by atoms with Crippen molar-refractivity contribution in [3.8, 4) is 0 Å². The summed E-state index contributed by atoms with van der Waals surface area (Å²) >= 11 is 2.80. The topological polar surface area (TPSA) is 89.2 Å². The summed E-state index contributed by atoms with van der Waals surface area (Å²) in [4.78, 5) is 25.0. The van der Waals surface area contributed by atoms with E-state index in [0.29, 0.717) is 0 Å². The van der Waals surface area contributed by atoms with Gasteiger partial charge in [0.25, 0.3) is 0 Å². The molecular formula is C14H16N4O2S2. The normalized spacial score (nSPS) is 10.4. The number of amides is 2. The van der Waals surface area contributed by atoms with Gasteiger partial charge in [0.05, 0.1) is 5.75 Å². The molecule has 0 aliphatic carbocycles. The van der Waals surface area contributed by atoms with E-state index in [0.717, 1.165) is 15.0 Å². The van der Waals surface area contributed by atoms with Crippen LogP contribution < -0.4 is 10.6 Å². The standard InChI is InChI=1S/C14H16N4O2S2/c1-10-16-17-14(22-10)21-9-13(20)18(8-7-12(15)19)11-5-3-2-4-6-11/h2-6H,7-9H2,1H3,(H2,15,19). The van der Waals surface area contributed by atoms with Crippen molar-refractivity contribution in [1.29, 1.82) is 0 Å². The molecule has 0 spiro atoms. The number of carbonyl (C=O) groups excluding carboxylic acids is 2. The first-order valence-corrected chi connectivity index (χ1v) is 8.43. The molecule has 0 radical (unpaired) electrons. The van der Waals surface area contributed by atoms with Gasteiger partial charge < -0.3 is 10.6 Å². The Bertz CT molecular complexity index is 645. The highest BCUT2D eigenvalue weighted by molar-refractivity contribution is 8.01. The van der Waals surface area contributed by atoms with Crippen LogP contribution in [0.4, 0.5) is 5.69 Å². The van der Waals surface area contributed by atoms with Crippen molar-refractivity contribution < 1.29 is 9.59 Å². The second kappa shape index (κ2) is 7.90. The maximum Gasteiger partial charge on any atom is 0.237 e. The molecule has 0 aliphatic rings. The number of para-hydroxylation sites is 1. The average Bonchev–Trinajstić information content (AvgIpc) is 2.92. The highest BCUT2D eigenvalue weighted by Gasteiger charge is 2.17. The third-order valence-electron chi connectivity index (χ3n) is 2.78. The van der Waals surface area contributed by atoms with Crippen LogP contribution in [0.5, 0.6) is 0 Å². The maximum absolute atomic E-state index is 12.4. The fraction of sp³-hybridized carbons (Fsp3) is 0.286. The lowest BCUT2D eigenvalue weighted by Gasteiger charge is -2.22. The van der Waals surface area contributed by atoms with Crippen molar-refractivity contribution in [2.75, 3.05) is 17.2 Å². The molecule has 1 heterocycles. The second-order valence-corrected chi connectivity index (χ2v) is 6.88. The number of hydrogen-bond donors (Lipinski definition) is 1. The second-order valence-electron chi connectivity index (χ2n) is 4.47. The SMILES string of the molecule is Cc1nnc(SCC(=O)N(CCC(N)=O)c2ccccc2)s1. The zero-order valence-electron chi connectivity index (χ0n) is 12.1. The first kappa shape index (κ1) is 16.4. The number of carbonyl (C=O) groups is 2. The van der Waals surface area contributed by atoms with E-state index in [-0.39, 0.29) is 24.6 Å². The molecular weight excluding hydrogens is 320 g/mol. The van der Waals surface area contributed by atoms with Gasteiger partial charge >= 0.3 is 0 Å². The Labute approximate surface area is 136 Å². The van der Waals surface area contributed by atoms with Crippen molar-refractivity contribution in [3.63, 3.8) is 0 Å². The van der Waals surface area contributed by atoms with Gasteiger partial charge in [0.15, 0.2) is 4.34 Å². The molecule has 0 saturated heterocycles. The van der Waals surface area contributed by atoms with E-state index in [1.807, 2.05) is 37.3 Å². The predicted octanol–water partition coefficient (Wildman–Crippen LogP) is 1.85. The van der Waals surface area contributed by atoms with Gasteiger partial charge in [0.2, 0.25) is 11.8 Å². The molecule has 2 aromatic rings. The number of nitrogens with zero attached hydrogens (tertiary/aromatic N) is 3. The lowest BCUT2D eigenvalue weighted by molar-refractivity contribution is -0.118. The minimum atomic E-state index is -0.430. The molecule has 0 fully saturated rings. The van der Waals surface area contributed by atoms with Crippen LogP contribution in [0.1, 0.15) is 11.4 Å². The predicted molar refractivity (Wildman–Crippen MR) is 88.0 cm³/mol. The number of nitrogens with two attached hydrogens (primary N) is 1. The fourth-order valence-corrected chi connectivity index (χ4v) is 3.46. The number of primary amides is 1. The minimum Gasteiger partial charge on any atom is -0.370 e. The number of rotatable bonds is 7. The Morgan fingerprint density at radius 1 is 1.27 bits per heavy atom. The van der Waals surface area contributed by atoms with Crippen molar-refractivity contribution in [1.82, 2.24) is 10.2 Å². The first-order chi connectivity index (χ1) is 10.6. The van der Waals surface area contributed by atoms with Gasteiger partial charge in [-0.15, -0.1) is 10.2 Å². The molecule has 0 atom stereocenters. The number of thioether (sulfide) groups is 1. The van der Waals surface area contributed by atoms with Gasteiger partial charge in [0.1, 0.15) is 5.01 Å². The Morgan fingerprint density at radius 3 is 2.59 bits per heavy atom. The zero-order valence-corrected chi connectivity index (χ0v) is 13.7. The van der Waals surface area contributed by atoms with E-state index in [1.165, 1.54) is 23.1 Å². The van der Waals surface area contributed by atoms with E-state index < -0.39 is 5.91 Å². The number of anilines is 1. The fourth-order valence-electron chi connectivity index (χ4n) is 1.77. The smallest absolute Gasteiger partial charge is 0.237 e. The quantitative estimate of drug-likeness (QED) is 0.779. The summed E-state index contributed by atoms with van der Waals surface area (Å²) < 4.78 is 0.758. The Kier molecular flexibility index (Phi) is 5.91. The van der Waals surface area contributed by atoms with Crippen LogP contribution in [-0.2, 0) is 9.59 Å². The van der Waals surface area contributed by atoms with E-state index in [2.05, 4.69) is 10.2 Å². The highest BCUT2D eigenvalue weighted by atomic mass is 32.2. The molecule has 2 rings (SSSR count). The summed E-state index contributed by atoms with van der Waals surface area (Å²) in [7, 11) is 0. The van der Waals surface area contributed by atoms with Crippen LogP contribution in [0.25, 0.3) is 0 Å². The largest absolute Gasteiger partial charge is 0.370 e. The van der Waals surface area contributed by atoms with Crippen molar-refractivity contribution >= 4 is 40.6 Å². The number of hydrogen-bond acceptors (Lipinski definition) is 6. The molecule has 22 heavy (non-hydrogen) atoms. The Balaban J connectivity index is 2.03. The number of aryl methyl sites for hydroxylation is 1. The van der Waals surface area contributed by atoms with Gasteiger partial charge in [-0.25, -0.2) is 0 Å². The van der Waals surface area contributed by atoms with E-state index >= 15 is 0 Å². The van der Waals surface area contributed by atoms with Crippen molar-refractivity contribution in [3.05, 3.63) is 35.3 Å². The molecule has 0 bridgehead atoms. The molecule has 0 saturated carbocycles. The Hall–Kier alpha value is -1.93. The van der Waals surface area contributed by atoms with Crippen LogP contribution in [-0.4, -0.2) is 34.3 Å². The van der Waals surface area contributed by atoms with Crippen LogP contribution in [0, 0.1) is 6.92 Å². The summed E-state index contributed by atoms with van der Waals surface area (Å²) in [6, 6.07) is 9.23. The number of aromatic nitrogens is 2. The first-order valence-electron chi connectivity index (χ1n) is 6.63. The minimum absolute atomic E-state index is 0.0923. The molecule has 0 unspecified atom stereocenters. The van der Waals surface area contributed by atoms with E-state index in [4.69, 9.17) is 5.73 Å². The molecule has 0 aliphatic heterocycles. The van der Waals surface area contributed by atoms with Crippen LogP contribution in [0.3, 0.4) is 0 Å². The lowest BCUT2D eigenvalue weighted by atomic mass is 10.2. The lowest BCUT2D eigenvalue weighted by Crippen LogP contribution is -2.35.